The molecule has 1 aliphatic heterocycles. The van der Waals surface area contributed by atoms with E-state index < -0.39 is 5.60 Å². The van der Waals surface area contributed by atoms with Crippen LogP contribution in [-0.4, -0.2) is 28.3 Å². The maximum absolute atomic E-state index is 12.3. The molecule has 2 aliphatic rings. The Morgan fingerprint density at radius 3 is 2.33 bits per heavy atom. The molecule has 5 heteroatoms. The Balaban J connectivity index is 1.61. The van der Waals surface area contributed by atoms with Crippen LogP contribution in [0.5, 0.6) is 5.88 Å². The van der Waals surface area contributed by atoms with Crippen LogP contribution in [0.2, 0.25) is 0 Å². The normalized spacial score (nSPS) is 19.3. The highest BCUT2D eigenvalue weighted by molar-refractivity contribution is 7.16. The summed E-state index contributed by atoms with van der Waals surface area (Å²) < 4.78 is 0. The van der Waals surface area contributed by atoms with Gasteiger partial charge in [0.1, 0.15) is 10.5 Å². The van der Waals surface area contributed by atoms with E-state index in [1.807, 2.05) is 30.3 Å². The number of rotatable bonds is 5. The van der Waals surface area contributed by atoms with Gasteiger partial charge < -0.3 is 15.1 Å². The minimum absolute atomic E-state index is 0.0126. The summed E-state index contributed by atoms with van der Waals surface area (Å²) in [7, 11) is 0. The molecule has 0 spiro atoms. The fourth-order valence-electron chi connectivity index (χ4n) is 5.06. The van der Waals surface area contributed by atoms with Gasteiger partial charge in [0, 0.05) is 13.1 Å². The number of anilines is 1. The van der Waals surface area contributed by atoms with Crippen molar-refractivity contribution in [2.24, 2.45) is 5.92 Å². The van der Waals surface area contributed by atoms with Crippen LogP contribution in [0.3, 0.4) is 0 Å². The molecule has 1 saturated carbocycles. The molecule has 2 aromatic carbocycles. The Hall–Kier alpha value is -2.37. The molecular weight excluding hydrogens is 392 g/mol. The van der Waals surface area contributed by atoms with Crippen LogP contribution >= 0.6 is 11.3 Å². The first-order chi connectivity index (χ1) is 14.7. The average molecular weight is 421 g/mol. The molecule has 4 nitrogen and oxygen atoms in total. The summed E-state index contributed by atoms with van der Waals surface area (Å²) in [6, 6.07) is 18.4. The minimum Gasteiger partial charge on any atom is -0.492 e. The summed E-state index contributed by atoms with van der Waals surface area (Å²) in [6.07, 6.45) is 6.46. The van der Waals surface area contributed by atoms with Gasteiger partial charge in [-0.05, 0) is 54.4 Å². The first-order valence-corrected chi connectivity index (χ1v) is 11.8. The van der Waals surface area contributed by atoms with E-state index >= 15 is 0 Å². The molecule has 0 bridgehead atoms. The first-order valence-electron chi connectivity index (χ1n) is 11.0. The quantitative estimate of drug-likeness (QED) is 0.569. The third-order valence-corrected chi connectivity index (χ3v) is 7.91. The van der Waals surface area contributed by atoms with Gasteiger partial charge in [-0.25, -0.2) is 0 Å². The molecule has 3 aromatic rings. The fourth-order valence-corrected chi connectivity index (χ4v) is 6.26. The number of thiazole rings is 1. The van der Waals surface area contributed by atoms with Crippen LogP contribution in [0.4, 0.5) is 5.13 Å². The second-order valence-corrected chi connectivity index (χ2v) is 9.52. The number of nitrogens with zero attached hydrogens (tertiary/aromatic N) is 2. The average Bonchev–Trinajstić information content (AvgIpc) is 3.55. The Bertz CT molecular complexity index is 1010. The van der Waals surface area contributed by atoms with Crippen molar-refractivity contribution in [2.45, 2.75) is 44.1 Å². The van der Waals surface area contributed by atoms with Crippen molar-refractivity contribution in [3.05, 3.63) is 65.0 Å². The van der Waals surface area contributed by atoms with Gasteiger partial charge in [0.25, 0.3) is 0 Å². The van der Waals surface area contributed by atoms with Crippen molar-refractivity contribution < 1.29 is 10.2 Å². The standard InChI is InChI=1S/C25H28N2O2S/c28-23-22(30-24(26-23)27-15-6-7-16-27)25(29,20-12-4-5-13-20)21-14-8-11-19(17-21)18-9-2-1-3-10-18/h1-3,8-11,14,17,20,28-29H,4-7,12-13,15-16H2. The zero-order valence-electron chi connectivity index (χ0n) is 17.1. The van der Waals surface area contributed by atoms with Crippen LogP contribution in [0, 0.1) is 5.92 Å². The number of aliphatic hydroxyl groups is 1. The maximum atomic E-state index is 12.3. The van der Waals surface area contributed by atoms with E-state index in [-0.39, 0.29) is 11.8 Å². The molecular formula is C25H28N2O2S. The van der Waals surface area contributed by atoms with E-state index in [0.29, 0.717) is 4.88 Å². The second kappa shape index (κ2) is 8.05. The number of benzene rings is 2. The lowest BCUT2D eigenvalue weighted by atomic mass is 9.78. The van der Waals surface area contributed by atoms with Gasteiger partial charge in [-0.1, -0.05) is 72.7 Å². The van der Waals surface area contributed by atoms with Crippen molar-refractivity contribution in [1.29, 1.82) is 0 Å². The molecule has 1 unspecified atom stereocenters. The molecule has 0 radical (unpaired) electrons. The predicted octanol–water partition coefficient (Wildman–Crippen LogP) is 5.54. The lowest BCUT2D eigenvalue weighted by Crippen LogP contribution is -2.34. The zero-order chi connectivity index (χ0) is 20.6. The summed E-state index contributed by atoms with van der Waals surface area (Å²) in [5, 5.41) is 23.9. The Morgan fingerprint density at radius 1 is 0.900 bits per heavy atom. The van der Waals surface area contributed by atoms with Crippen LogP contribution in [-0.2, 0) is 5.60 Å². The summed E-state index contributed by atoms with van der Waals surface area (Å²) in [5.74, 6) is 0.0720. The van der Waals surface area contributed by atoms with E-state index in [4.69, 9.17) is 0 Å². The van der Waals surface area contributed by atoms with Crippen molar-refractivity contribution in [3.8, 4) is 17.0 Å². The second-order valence-electron chi connectivity index (χ2n) is 8.54. The molecule has 30 heavy (non-hydrogen) atoms. The number of hydrogen-bond acceptors (Lipinski definition) is 5. The molecule has 2 fully saturated rings. The van der Waals surface area contributed by atoms with E-state index in [1.54, 1.807) is 0 Å². The molecule has 5 rings (SSSR count). The Labute approximate surface area is 181 Å². The first kappa shape index (κ1) is 19.6. The van der Waals surface area contributed by atoms with Crippen LogP contribution in [0.25, 0.3) is 11.1 Å². The maximum Gasteiger partial charge on any atom is 0.230 e. The highest BCUT2D eigenvalue weighted by Crippen LogP contribution is 2.51. The third-order valence-electron chi connectivity index (χ3n) is 6.68. The van der Waals surface area contributed by atoms with Gasteiger partial charge in [-0.3, -0.25) is 0 Å². The molecule has 156 valence electrons. The van der Waals surface area contributed by atoms with Gasteiger partial charge >= 0.3 is 0 Å². The van der Waals surface area contributed by atoms with Crippen LogP contribution < -0.4 is 4.90 Å². The fraction of sp³-hybridized carbons (Fsp3) is 0.400. The van der Waals surface area contributed by atoms with Gasteiger partial charge in [0.2, 0.25) is 5.88 Å². The highest BCUT2D eigenvalue weighted by atomic mass is 32.1. The van der Waals surface area contributed by atoms with Crippen LogP contribution in [0.15, 0.2) is 54.6 Å². The van der Waals surface area contributed by atoms with E-state index in [1.165, 1.54) is 11.3 Å². The zero-order valence-corrected chi connectivity index (χ0v) is 17.9. The lowest BCUT2D eigenvalue weighted by Gasteiger charge is -2.34. The largest absolute Gasteiger partial charge is 0.492 e. The van der Waals surface area contributed by atoms with Crippen molar-refractivity contribution >= 4 is 16.5 Å². The minimum atomic E-state index is -1.22. The summed E-state index contributed by atoms with van der Waals surface area (Å²) in [6.45, 7) is 1.94. The predicted molar refractivity (Wildman–Crippen MR) is 122 cm³/mol. The van der Waals surface area contributed by atoms with E-state index in [9.17, 15) is 10.2 Å². The number of aromatic nitrogens is 1. The van der Waals surface area contributed by atoms with Gasteiger partial charge in [0.05, 0.1) is 0 Å². The molecule has 1 atom stereocenters. The molecule has 2 heterocycles. The van der Waals surface area contributed by atoms with Crippen molar-refractivity contribution in [3.63, 3.8) is 0 Å². The highest BCUT2D eigenvalue weighted by Gasteiger charge is 2.45. The SMILES string of the molecule is Oc1nc(N2CCCC2)sc1C(O)(c1cccc(-c2ccccc2)c1)C1CCCC1. The number of hydrogen-bond donors (Lipinski definition) is 2. The molecule has 1 saturated heterocycles. The van der Waals surface area contributed by atoms with Gasteiger partial charge in [-0.15, -0.1) is 0 Å². The Kier molecular flexibility index (Phi) is 5.25. The summed E-state index contributed by atoms with van der Waals surface area (Å²) >= 11 is 1.46. The summed E-state index contributed by atoms with van der Waals surface area (Å²) in [4.78, 5) is 7.30. The molecule has 2 N–H and O–H groups in total. The van der Waals surface area contributed by atoms with Crippen molar-refractivity contribution in [2.75, 3.05) is 18.0 Å². The van der Waals surface area contributed by atoms with Gasteiger partial charge in [-0.2, -0.15) is 4.98 Å². The summed E-state index contributed by atoms with van der Waals surface area (Å²) in [5.41, 5.74) is 1.83. The molecule has 0 amide bonds. The number of aromatic hydroxyl groups is 1. The molecule has 1 aliphatic carbocycles. The van der Waals surface area contributed by atoms with Gasteiger partial charge in [0.15, 0.2) is 5.13 Å². The Morgan fingerprint density at radius 2 is 1.60 bits per heavy atom. The van der Waals surface area contributed by atoms with Crippen molar-refractivity contribution in [1.82, 2.24) is 4.98 Å². The van der Waals surface area contributed by atoms with E-state index in [0.717, 1.165) is 73.4 Å². The third kappa shape index (κ3) is 3.40. The van der Waals surface area contributed by atoms with Crippen LogP contribution in [0.1, 0.15) is 49.0 Å². The topological polar surface area (TPSA) is 56.6 Å². The lowest BCUT2D eigenvalue weighted by molar-refractivity contribution is 0.0201. The molecule has 1 aromatic heterocycles. The van der Waals surface area contributed by atoms with E-state index in [2.05, 4.69) is 34.1 Å². The monoisotopic (exact) mass is 420 g/mol. The smallest absolute Gasteiger partial charge is 0.230 e.